The summed E-state index contributed by atoms with van der Waals surface area (Å²) in [4.78, 5) is 23.6. The van der Waals surface area contributed by atoms with Crippen molar-refractivity contribution in [3.63, 3.8) is 0 Å². The summed E-state index contributed by atoms with van der Waals surface area (Å²) < 4.78 is 0. The molecule has 5 heteroatoms. The maximum absolute atomic E-state index is 11.9. The molecule has 5 nitrogen and oxygen atoms in total. The SMILES string of the molecule is CNCCCC(=O)NCc1cccc(NC(=O)C2CCC2)c1. The molecule has 0 atom stereocenters. The average Bonchev–Trinajstić information content (AvgIpc) is 2.44. The number of carbonyl (C=O) groups excluding carboxylic acids is 2. The minimum absolute atomic E-state index is 0.0548. The molecule has 0 radical (unpaired) electrons. The van der Waals surface area contributed by atoms with Crippen molar-refractivity contribution in [3.05, 3.63) is 29.8 Å². The van der Waals surface area contributed by atoms with Gasteiger partial charge in [0.15, 0.2) is 0 Å². The van der Waals surface area contributed by atoms with E-state index in [1.165, 1.54) is 0 Å². The number of carbonyl (C=O) groups is 2. The third-order valence-electron chi connectivity index (χ3n) is 3.99. The van der Waals surface area contributed by atoms with Crippen LogP contribution in [0.15, 0.2) is 24.3 Å². The van der Waals surface area contributed by atoms with Gasteiger partial charge in [0.1, 0.15) is 0 Å². The molecule has 0 saturated heterocycles. The number of hydrogen-bond donors (Lipinski definition) is 3. The van der Waals surface area contributed by atoms with Crippen molar-refractivity contribution >= 4 is 17.5 Å². The minimum Gasteiger partial charge on any atom is -0.352 e. The Bertz CT molecular complexity index is 512. The summed E-state index contributed by atoms with van der Waals surface area (Å²) in [5.41, 5.74) is 1.80. The summed E-state index contributed by atoms with van der Waals surface area (Å²) in [6.45, 7) is 1.33. The molecular weight excluding hydrogens is 278 g/mol. The predicted molar refractivity (Wildman–Crippen MR) is 87.4 cm³/mol. The Morgan fingerprint density at radius 3 is 2.77 bits per heavy atom. The summed E-state index contributed by atoms with van der Waals surface area (Å²) in [6.07, 6.45) is 4.50. The molecule has 1 fully saturated rings. The van der Waals surface area contributed by atoms with Gasteiger partial charge in [-0.3, -0.25) is 9.59 Å². The van der Waals surface area contributed by atoms with Crippen LogP contribution in [-0.2, 0) is 16.1 Å². The first kappa shape index (κ1) is 16.5. The van der Waals surface area contributed by atoms with Gasteiger partial charge in [0.25, 0.3) is 0 Å². The van der Waals surface area contributed by atoms with E-state index in [0.29, 0.717) is 13.0 Å². The topological polar surface area (TPSA) is 70.2 Å². The fraction of sp³-hybridized carbons (Fsp3) is 0.529. The molecule has 0 heterocycles. The smallest absolute Gasteiger partial charge is 0.227 e. The highest BCUT2D eigenvalue weighted by atomic mass is 16.2. The van der Waals surface area contributed by atoms with E-state index < -0.39 is 0 Å². The number of anilines is 1. The average molecular weight is 303 g/mol. The normalized spacial score (nSPS) is 14.2. The number of benzene rings is 1. The van der Waals surface area contributed by atoms with Crippen molar-refractivity contribution in [3.8, 4) is 0 Å². The van der Waals surface area contributed by atoms with Crippen molar-refractivity contribution in [2.24, 2.45) is 5.92 Å². The molecule has 0 unspecified atom stereocenters. The summed E-state index contributed by atoms with van der Waals surface area (Å²) in [6, 6.07) is 7.66. The van der Waals surface area contributed by atoms with Gasteiger partial charge in [-0.25, -0.2) is 0 Å². The van der Waals surface area contributed by atoms with Crippen molar-refractivity contribution < 1.29 is 9.59 Å². The van der Waals surface area contributed by atoms with E-state index in [-0.39, 0.29) is 17.7 Å². The van der Waals surface area contributed by atoms with E-state index in [0.717, 1.165) is 43.5 Å². The zero-order valence-electron chi connectivity index (χ0n) is 13.2. The quantitative estimate of drug-likeness (QED) is 0.644. The van der Waals surface area contributed by atoms with Gasteiger partial charge in [0.05, 0.1) is 0 Å². The van der Waals surface area contributed by atoms with E-state index in [2.05, 4.69) is 16.0 Å². The molecule has 22 heavy (non-hydrogen) atoms. The van der Waals surface area contributed by atoms with Crippen molar-refractivity contribution in [2.45, 2.75) is 38.6 Å². The first-order valence-corrected chi connectivity index (χ1v) is 8.00. The third-order valence-corrected chi connectivity index (χ3v) is 3.99. The second-order valence-corrected chi connectivity index (χ2v) is 5.80. The lowest BCUT2D eigenvalue weighted by Crippen LogP contribution is -2.28. The molecule has 3 N–H and O–H groups in total. The Hall–Kier alpha value is -1.88. The molecule has 0 aliphatic heterocycles. The number of nitrogens with one attached hydrogen (secondary N) is 3. The Morgan fingerprint density at radius 1 is 1.27 bits per heavy atom. The lowest BCUT2D eigenvalue weighted by molar-refractivity contribution is -0.122. The minimum atomic E-state index is 0.0548. The third kappa shape index (κ3) is 5.15. The van der Waals surface area contributed by atoms with E-state index in [1.54, 1.807) is 0 Å². The highest BCUT2D eigenvalue weighted by molar-refractivity contribution is 5.93. The summed E-state index contributed by atoms with van der Waals surface area (Å²) in [7, 11) is 1.88. The molecule has 120 valence electrons. The lowest BCUT2D eigenvalue weighted by Gasteiger charge is -2.24. The Kier molecular flexibility index (Phi) is 6.40. The highest BCUT2D eigenvalue weighted by Crippen LogP contribution is 2.27. The van der Waals surface area contributed by atoms with E-state index >= 15 is 0 Å². The summed E-state index contributed by atoms with van der Waals surface area (Å²) in [5.74, 6) is 0.342. The molecule has 1 aromatic carbocycles. The molecule has 1 aliphatic carbocycles. The van der Waals surface area contributed by atoms with Crippen LogP contribution < -0.4 is 16.0 Å². The van der Waals surface area contributed by atoms with Gasteiger partial charge < -0.3 is 16.0 Å². The van der Waals surface area contributed by atoms with Crippen LogP contribution in [0.2, 0.25) is 0 Å². The number of amides is 2. The van der Waals surface area contributed by atoms with Crippen LogP contribution in [0.3, 0.4) is 0 Å². The maximum atomic E-state index is 11.9. The molecule has 1 aromatic rings. The van der Waals surface area contributed by atoms with Crippen LogP contribution >= 0.6 is 0 Å². The first-order valence-electron chi connectivity index (χ1n) is 8.00. The maximum Gasteiger partial charge on any atom is 0.227 e. The molecule has 1 aliphatic rings. The van der Waals surface area contributed by atoms with Crippen LogP contribution in [0, 0.1) is 5.92 Å². The molecule has 0 spiro atoms. The molecular formula is C17H25N3O2. The van der Waals surface area contributed by atoms with Crippen LogP contribution in [0.4, 0.5) is 5.69 Å². The lowest BCUT2D eigenvalue weighted by atomic mass is 9.85. The molecule has 1 saturated carbocycles. The monoisotopic (exact) mass is 303 g/mol. The fourth-order valence-electron chi connectivity index (χ4n) is 2.39. The molecule has 0 bridgehead atoms. The largest absolute Gasteiger partial charge is 0.352 e. The van der Waals surface area contributed by atoms with E-state index in [1.807, 2.05) is 31.3 Å². The van der Waals surface area contributed by atoms with Gasteiger partial charge in [0, 0.05) is 24.6 Å². The predicted octanol–water partition coefficient (Wildman–Crippen LogP) is 2.04. The van der Waals surface area contributed by atoms with E-state index in [9.17, 15) is 9.59 Å². The zero-order chi connectivity index (χ0) is 15.8. The summed E-state index contributed by atoms with van der Waals surface area (Å²) >= 11 is 0. The van der Waals surface area contributed by atoms with Gasteiger partial charge in [-0.1, -0.05) is 18.6 Å². The summed E-state index contributed by atoms with van der Waals surface area (Å²) in [5, 5.41) is 8.88. The van der Waals surface area contributed by atoms with Crippen molar-refractivity contribution in [2.75, 3.05) is 18.9 Å². The Labute approximate surface area is 131 Å². The highest BCUT2D eigenvalue weighted by Gasteiger charge is 2.25. The van der Waals surface area contributed by atoms with Gasteiger partial charge in [0.2, 0.25) is 11.8 Å². The molecule has 0 aromatic heterocycles. The second-order valence-electron chi connectivity index (χ2n) is 5.80. The zero-order valence-corrected chi connectivity index (χ0v) is 13.2. The van der Waals surface area contributed by atoms with Crippen molar-refractivity contribution in [1.29, 1.82) is 0 Å². The standard InChI is InChI=1S/C17H25N3O2/c1-18-10-4-9-16(21)19-12-13-5-2-8-15(11-13)20-17(22)14-6-3-7-14/h2,5,8,11,14,18H,3-4,6-7,9-10,12H2,1H3,(H,19,21)(H,20,22). The Balaban J connectivity index is 1.78. The van der Waals surface area contributed by atoms with Gasteiger partial charge in [-0.05, 0) is 50.6 Å². The molecule has 2 rings (SSSR count). The van der Waals surface area contributed by atoms with E-state index in [4.69, 9.17) is 0 Å². The van der Waals surface area contributed by atoms with Gasteiger partial charge >= 0.3 is 0 Å². The van der Waals surface area contributed by atoms with Crippen LogP contribution in [0.25, 0.3) is 0 Å². The second kappa shape index (κ2) is 8.54. The Morgan fingerprint density at radius 2 is 2.09 bits per heavy atom. The van der Waals surface area contributed by atoms with Gasteiger partial charge in [-0.15, -0.1) is 0 Å². The van der Waals surface area contributed by atoms with Crippen molar-refractivity contribution in [1.82, 2.24) is 10.6 Å². The first-order chi connectivity index (χ1) is 10.7. The van der Waals surface area contributed by atoms with Gasteiger partial charge in [-0.2, -0.15) is 0 Å². The fourth-order valence-corrected chi connectivity index (χ4v) is 2.39. The van der Waals surface area contributed by atoms with Crippen LogP contribution in [0.1, 0.15) is 37.7 Å². The molecule has 2 amide bonds. The number of hydrogen-bond acceptors (Lipinski definition) is 3. The van der Waals surface area contributed by atoms with Crippen LogP contribution in [-0.4, -0.2) is 25.4 Å². The number of rotatable bonds is 8. The van der Waals surface area contributed by atoms with Crippen LogP contribution in [0.5, 0.6) is 0 Å².